The lowest BCUT2D eigenvalue weighted by molar-refractivity contribution is -0.140. The number of nitrogens with zero attached hydrogens (tertiary/aromatic N) is 1. The molecule has 1 fully saturated rings. The number of methoxy groups -OCH3 is 1. The zero-order valence-electron chi connectivity index (χ0n) is 15.0. The molecule has 6 nitrogen and oxygen atoms in total. The number of hydrogen-bond donors (Lipinski definition) is 1. The van der Waals surface area contributed by atoms with E-state index < -0.39 is 18.4 Å². The van der Waals surface area contributed by atoms with Crippen molar-refractivity contribution in [1.29, 1.82) is 0 Å². The molecule has 0 spiro atoms. The highest BCUT2D eigenvalue weighted by Crippen LogP contribution is 2.32. The molecule has 0 aliphatic carbocycles. The summed E-state index contributed by atoms with van der Waals surface area (Å²) in [5.41, 5.74) is 1.82. The molecule has 0 bridgehead atoms. The Morgan fingerprint density at radius 2 is 1.79 bits per heavy atom. The van der Waals surface area contributed by atoms with E-state index in [1.54, 1.807) is 13.2 Å². The number of amides is 1. The van der Waals surface area contributed by atoms with Crippen molar-refractivity contribution in [3.05, 3.63) is 64.6 Å². The van der Waals surface area contributed by atoms with Crippen LogP contribution in [0.3, 0.4) is 0 Å². The number of benzene rings is 2. The minimum absolute atomic E-state index is 0.248. The Labute approximate surface area is 171 Å². The highest BCUT2D eigenvalue weighted by atomic mass is 32.2. The van der Waals surface area contributed by atoms with Gasteiger partial charge in [0, 0.05) is 0 Å². The number of thioether (sulfide) groups is 1. The Morgan fingerprint density at radius 3 is 2.39 bits per heavy atom. The van der Waals surface area contributed by atoms with Crippen LogP contribution in [0.5, 0.6) is 11.5 Å². The Bertz CT molecular complexity index is 923. The lowest BCUT2D eigenvalue weighted by Gasteiger charge is -2.10. The van der Waals surface area contributed by atoms with Crippen LogP contribution in [0.1, 0.15) is 11.1 Å². The quantitative estimate of drug-likeness (QED) is 0.547. The standard InChI is InChI=1S/C20H17NO5S2/c1-25-15-6-4-14(5-7-15)12-26-16-8-2-13(3-9-16)10-17-19(24)21(11-18(22)23)20(27)28-17/h2-10H,11-12H2,1H3,(H,22,23)/b17-10-. The molecule has 8 heteroatoms. The summed E-state index contributed by atoms with van der Waals surface area (Å²) in [5, 5.41) is 8.87. The lowest BCUT2D eigenvalue weighted by atomic mass is 10.2. The molecule has 1 aliphatic rings. The van der Waals surface area contributed by atoms with Crippen LogP contribution in [0.15, 0.2) is 53.4 Å². The normalized spacial score (nSPS) is 15.2. The molecule has 2 aromatic carbocycles. The first kappa shape index (κ1) is 19.9. The number of hydrogen-bond acceptors (Lipinski definition) is 6. The maximum atomic E-state index is 12.3. The van der Waals surface area contributed by atoms with Crippen LogP contribution in [-0.4, -0.2) is 39.9 Å². The molecule has 1 N–H and O–H groups in total. The Balaban J connectivity index is 1.62. The van der Waals surface area contributed by atoms with Gasteiger partial charge in [0.05, 0.1) is 12.0 Å². The van der Waals surface area contributed by atoms with Crippen molar-refractivity contribution in [3.63, 3.8) is 0 Å². The molecule has 0 radical (unpaired) electrons. The van der Waals surface area contributed by atoms with Gasteiger partial charge in [0.2, 0.25) is 0 Å². The van der Waals surface area contributed by atoms with Gasteiger partial charge in [-0.3, -0.25) is 14.5 Å². The number of aliphatic carboxylic acids is 1. The number of ether oxygens (including phenoxy) is 2. The molecule has 1 saturated heterocycles. The third-order valence-electron chi connectivity index (χ3n) is 3.91. The molecular formula is C20H17NO5S2. The van der Waals surface area contributed by atoms with E-state index >= 15 is 0 Å². The number of carbonyl (C=O) groups excluding carboxylic acids is 1. The van der Waals surface area contributed by atoms with Crippen LogP contribution < -0.4 is 9.47 Å². The van der Waals surface area contributed by atoms with Crippen molar-refractivity contribution in [2.75, 3.05) is 13.7 Å². The van der Waals surface area contributed by atoms with Crippen LogP contribution in [-0.2, 0) is 16.2 Å². The van der Waals surface area contributed by atoms with Gasteiger partial charge >= 0.3 is 5.97 Å². The molecule has 0 atom stereocenters. The van der Waals surface area contributed by atoms with E-state index in [1.165, 1.54) is 0 Å². The second-order valence-corrected chi connectivity index (χ2v) is 7.54. The summed E-state index contributed by atoms with van der Waals surface area (Å²) in [6, 6.07) is 14.9. The number of rotatable bonds is 7. The molecule has 1 heterocycles. The fourth-order valence-corrected chi connectivity index (χ4v) is 3.73. The van der Waals surface area contributed by atoms with Gasteiger partial charge < -0.3 is 14.6 Å². The van der Waals surface area contributed by atoms with E-state index in [9.17, 15) is 9.59 Å². The predicted octanol–water partition coefficient (Wildman–Crippen LogP) is 3.56. The van der Waals surface area contributed by atoms with Crippen molar-refractivity contribution in [2.24, 2.45) is 0 Å². The summed E-state index contributed by atoms with van der Waals surface area (Å²) in [6.45, 7) is -0.00265. The highest BCUT2D eigenvalue weighted by molar-refractivity contribution is 8.26. The van der Waals surface area contributed by atoms with Gasteiger partial charge in [-0.25, -0.2) is 0 Å². The molecule has 1 aliphatic heterocycles. The first-order valence-corrected chi connectivity index (χ1v) is 9.51. The van der Waals surface area contributed by atoms with Crippen LogP contribution >= 0.6 is 24.0 Å². The molecule has 0 saturated carbocycles. The Kier molecular flexibility index (Phi) is 6.33. The number of carboxylic acids is 1. The first-order valence-electron chi connectivity index (χ1n) is 8.29. The van der Waals surface area contributed by atoms with Gasteiger partial charge in [-0.15, -0.1) is 0 Å². The fourth-order valence-electron chi connectivity index (χ4n) is 2.47. The molecule has 144 valence electrons. The molecule has 0 unspecified atom stereocenters. The van der Waals surface area contributed by atoms with Gasteiger partial charge in [-0.05, 0) is 41.5 Å². The predicted molar refractivity (Wildman–Crippen MR) is 111 cm³/mol. The summed E-state index contributed by atoms with van der Waals surface area (Å²) in [4.78, 5) is 24.6. The van der Waals surface area contributed by atoms with Crippen LogP contribution in [0.25, 0.3) is 6.08 Å². The van der Waals surface area contributed by atoms with Crippen LogP contribution in [0.2, 0.25) is 0 Å². The Hall–Kier alpha value is -2.84. The minimum Gasteiger partial charge on any atom is -0.497 e. The van der Waals surface area contributed by atoms with E-state index in [4.69, 9.17) is 26.8 Å². The number of carboxylic acid groups (broad SMARTS) is 1. The van der Waals surface area contributed by atoms with Crippen molar-refractivity contribution in [3.8, 4) is 11.5 Å². The topological polar surface area (TPSA) is 76.1 Å². The summed E-state index contributed by atoms with van der Waals surface area (Å²) >= 11 is 6.18. The molecule has 3 rings (SSSR count). The van der Waals surface area contributed by atoms with Crippen molar-refractivity contribution in [1.82, 2.24) is 4.90 Å². The van der Waals surface area contributed by atoms with E-state index in [0.717, 1.165) is 33.5 Å². The zero-order valence-corrected chi connectivity index (χ0v) is 16.6. The van der Waals surface area contributed by atoms with E-state index in [1.807, 2.05) is 48.5 Å². The third kappa shape index (κ3) is 4.90. The monoisotopic (exact) mass is 415 g/mol. The van der Waals surface area contributed by atoms with Crippen LogP contribution in [0.4, 0.5) is 0 Å². The summed E-state index contributed by atoms with van der Waals surface area (Å²) < 4.78 is 11.1. The van der Waals surface area contributed by atoms with Crippen LogP contribution in [0, 0.1) is 0 Å². The molecule has 2 aromatic rings. The first-order chi connectivity index (χ1) is 13.5. The van der Waals surface area contributed by atoms with Crippen molar-refractivity contribution < 1.29 is 24.2 Å². The molecule has 28 heavy (non-hydrogen) atoms. The SMILES string of the molecule is COc1ccc(COc2ccc(/C=C3\SC(=S)N(CC(=O)O)C3=O)cc2)cc1. The largest absolute Gasteiger partial charge is 0.497 e. The van der Waals surface area contributed by atoms with E-state index in [2.05, 4.69) is 0 Å². The average molecular weight is 415 g/mol. The number of thiocarbonyl (C=S) groups is 1. The van der Waals surface area contributed by atoms with Crippen molar-refractivity contribution >= 4 is 46.3 Å². The fraction of sp³-hybridized carbons (Fsp3) is 0.150. The average Bonchev–Trinajstić information content (AvgIpc) is 2.95. The smallest absolute Gasteiger partial charge is 0.323 e. The molecule has 1 amide bonds. The molecular weight excluding hydrogens is 398 g/mol. The van der Waals surface area contributed by atoms with Gasteiger partial charge in [0.15, 0.2) is 0 Å². The maximum Gasteiger partial charge on any atom is 0.323 e. The highest BCUT2D eigenvalue weighted by Gasteiger charge is 2.33. The van der Waals surface area contributed by atoms with Gasteiger partial charge in [0.25, 0.3) is 5.91 Å². The van der Waals surface area contributed by atoms with Gasteiger partial charge in [0.1, 0.15) is 29.0 Å². The zero-order chi connectivity index (χ0) is 20.1. The second-order valence-electron chi connectivity index (χ2n) is 5.87. The van der Waals surface area contributed by atoms with Gasteiger partial charge in [-0.1, -0.05) is 48.2 Å². The third-order valence-corrected chi connectivity index (χ3v) is 5.29. The maximum absolute atomic E-state index is 12.3. The Morgan fingerprint density at radius 1 is 1.14 bits per heavy atom. The van der Waals surface area contributed by atoms with E-state index in [0.29, 0.717) is 17.3 Å². The van der Waals surface area contributed by atoms with Gasteiger partial charge in [-0.2, -0.15) is 0 Å². The summed E-state index contributed by atoms with van der Waals surface area (Å²) in [6.07, 6.45) is 1.69. The lowest BCUT2D eigenvalue weighted by Crippen LogP contribution is -2.33. The minimum atomic E-state index is -1.10. The second kappa shape index (κ2) is 8.90. The molecule has 0 aromatic heterocycles. The summed E-state index contributed by atoms with van der Waals surface area (Å²) in [5.74, 6) is 0.00131. The number of carbonyl (C=O) groups is 2. The van der Waals surface area contributed by atoms with E-state index in [-0.39, 0.29) is 4.32 Å². The summed E-state index contributed by atoms with van der Waals surface area (Å²) in [7, 11) is 1.62. The van der Waals surface area contributed by atoms with Crippen molar-refractivity contribution in [2.45, 2.75) is 6.61 Å².